The van der Waals surface area contributed by atoms with E-state index < -0.39 is 0 Å². The van der Waals surface area contributed by atoms with Crippen molar-refractivity contribution in [3.8, 4) is 11.5 Å². The Morgan fingerprint density at radius 3 is 2.39 bits per heavy atom. The zero-order valence-corrected chi connectivity index (χ0v) is 16.0. The fraction of sp³-hybridized carbons (Fsp3) is 0.286. The molecule has 0 amide bonds. The van der Waals surface area contributed by atoms with E-state index in [1.165, 1.54) is 0 Å². The van der Waals surface area contributed by atoms with Gasteiger partial charge in [-0.05, 0) is 30.0 Å². The Kier molecular flexibility index (Phi) is 4.50. The third kappa shape index (κ3) is 3.31. The van der Waals surface area contributed by atoms with Crippen LogP contribution >= 0.6 is 0 Å². The SMILES string of the molecule is CC(C)c1cc2cc(CC(C)c3nc4nccnc4cc3O)nnc2cc1O. The van der Waals surface area contributed by atoms with E-state index in [9.17, 15) is 10.2 Å². The van der Waals surface area contributed by atoms with E-state index in [1.807, 2.05) is 32.9 Å². The van der Waals surface area contributed by atoms with Gasteiger partial charge >= 0.3 is 0 Å². The van der Waals surface area contributed by atoms with Gasteiger partial charge in [0.15, 0.2) is 5.65 Å². The lowest BCUT2D eigenvalue weighted by molar-refractivity contribution is 0.458. The number of rotatable bonds is 4. The first-order chi connectivity index (χ1) is 13.4. The van der Waals surface area contributed by atoms with Crippen molar-refractivity contribution in [2.24, 2.45) is 0 Å². The summed E-state index contributed by atoms with van der Waals surface area (Å²) in [5.74, 6) is 0.463. The Morgan fingerprint density at radius 1 is 0.857 bits per heavy atom. The van der Waals surface area contributed by atoms with E-state index in [4.69, 9.17) is 0 Å². The molecule has 7 nitrogen and oxygen atoms in total. The lowest BCUT2D eigenvalue weighted by Gasteiger charge is -2.13. The molecule has 4 aromatic rings. The molecule has 7 heteroatoms. The highest BCUT2D eigenvalue weighted by molar-refractivity contribution is 5.81. The number of benzene rings is 1. The Morgan fingerprint density at radius 2 is 1.61 bits per heavy atom. The minimum Gasteiger partial charge on any atom is -0.508 e. The second-order valence-electron chi connectivity index (χ2n) is 7.36. The molecule has 3 heterocycles. The van der Waals surface area contributed by atoms with Gasteiger partial charge in [0.1, 0.15) is 17.0 Å². The van der Waals surface area contributed by atoms with Gasteiger partial charge in [-0.2, -0.15) is 10.2 Å². The molecule has 0 radical (unpaired) electrons. The second kappa shape index (κ2) is 6.99. The summed E-state index contributed by atoms with van der Waals surface area (Å²) in [5, 5.41) is 30.0. The van der Waals surface area contributed by atoms with Gasteiger partial charge in [0, 0.05) is 35.8 Å². The molecule has 0 saturated carbocycles. The van der Waals surface area contributed by atoms with Crippen molar-refractivity contribution in [1.29, 1.82) is 0 Å². The molecule has 0 aliphatic carbocycles. The number of nitrogens with zero attached hydrogens (tertiary/aromatic N) is 5. The number of aromatic hydroxyl groups is 2. The Hall–Kier alpha value is -3.35. The molecule has 0 aliphatic rings. The van der Waals surface area contributed by atoms with Crippen molar-refractivity contribution in [3.05, 3.63) is 53.6 Å². The standard InChI is InChI=1S/C21H21N5O2/c1-11(2)15-8-13-7-14(25-26-16(13)9-18(15)27)6-12(3)20-19(28)10-17-21(24-20)23-5-4-22-17/h4-5,7-12,27-28H,6H2,1-3H3. The van der Waals surface area contributed by atoms with Crippen molar-refractivity contribution in [3.63, 3.8) is 0 Å². The monoisotopic (exact) mass is 375 g/mol. The van der Waals surface area contributed by atoms with Crippen LogP contribution in [-0.2, 0) is 6.42 Å². The first kappa shape index (κ1) is 18.0. The largest absolute Gasteiger partial charge is 0.508 e. The van der Waals surface area contributed by atoms with Gasteiger partial charge in [-0.25, -0.2) is 9.97 Å². The van der Waals surface area contributed by atoms with Gasteiger partial charge in [-0.15, -0.1) is 0 Å². The van der Waals surface area contributed by atoms with Crippen LogP contribution in [0.15, 0.2) is 36.7 Å². The van der Waals surface area contributed by atoms with Gasteiger partial charge in [-0.3, -0.25) is 4.98 Å². The van der Waals surface area contributed by atoms with Gasteiger partial charge in [0.2, 0.25) is 0 Å². The van der Waals surface area contributed by atoms with Crippen molar-refractivity contribution >= 4 is 22.1 Å². The summed E-state index contributed by atoms with van der Waals surface area (Å²) < 4.78 is 0. The molecular formula is C21H21N5O2. The second-order valence-corrected chi connectivity index (χ2v) is 7.36. The van der Waals surface area contributed by atoms with Crippen molar-refractivity contribution < 1.29 is 10.2 Å². The molecule has 28 heavy (non-hydrogen) atoms. The van der Waals surface area contributed by atoms with E-state index in [-0.39, 0.29) is 23.3 Å². The summed E-state index contributed by atoms with van der Waals surface area (Å²) in [5.41, 5.74) is 3.95. The number of pyridine rings is 1. The zero-order chi connectivity index (χ0) is 19.8. The Bertz CT molecular complexity index is 1180. The number of hydrogen-bond donors (Lipinski definition) is 2. The summed E-state index contributed by atoms with van der Waals surface area (Å²) >= 11 is 0. The summed E-state index contributed by atoms with van der Waals surface area (Å²) in [4.78, 5) is 12.9. The van der Waals surface area contributed by atoms with Crippen molar-refractivity contribution in [1.82, 2.24) is 25.1 Å². The maximum absolute atomic E-state index is 10.4. The van der Waals surface area contributed by atoms with Crippen LogP contribution in [-0.4, -0.2) is 35.4 Å². The maximum Gasteiger partial charge on any atom is 0.178 e. The summed E-state index contributed by atoms with van der Waals surface area (Å²) in [6.45, 7) is 6.05. The average Bonchev–Trinajstić information content (AvgIpc) is 2.66. The quantitative estimate of drug-likeness (QED) is 0.558. The predicted molar refractivity (Wildman–Crippen MR) is 106 cm³/mol. The fourth-order valence-electron chi connectivity index (χ4n) is 3.38. The molecule has 2 N–H and O–H groups in total. The van der Waals surface area contributed by atoms with Crippen molar-refractivity contribution in [2.75, 3.05) is 0 Å². The van der Waals surface area contributed by atoms with Gasteiger partial charge in [0.05, 0.1) is 16.9 Å². The minimum absolute atomic E-state index is 0.0835. The number of hydrogen-bond acceptors (Lipinski definition) is 7. The molecule has 0 bridgehead atoms. The molecule has 3 aromatic heterocycles. The summed E-state index contributed by atoms with van der Waals surface area (Å²) in [6, 6.07) is 7.17. The lowest BCUT2D eigenvalue weighted by Crippen LogP contribution is -2.05. The highest BCUT2D eigenvalue weighted by atomic mass is 16.3. The predicted octanol–water partition coefficient (Wildman–Crippen LogP) is 3.85. The number of phenols is 1. The van der Waals surface area contributed by atoms with Crippen LogP contribution in [0.3, 0.4) is 0 Å². The van der Waals surface area contributed by atoms with Crippen LogP contribution in [0.25, 0.3) is 22.1 Å². The van der Waals surface area contributed by atoms with Crippen LogP contribution in [0, 0.1) is 0 Å². The number of aromatic nitrogens is 5. The topological polar surface area (TPSA) is 105 Å². The molecule has 0 saturated heterocycles. The Labute approximate surface area is 162 Å². The molecule has 0 spiro atoms. The van der Waals surface area contributed by atoms with Crippen LogP contribution in [0.4, 0.5) is 0 Å². The van der Waals surface area contributed by atoms with E-state index >= 15 is 0 Å². The number of fused-ring (bicyclic) bond motifs is 2. The average molecular weight is 375 g/mol. The highest BCUT2D eigenvalue weighted by Gasteiger charge is 2.17. The van der Waals surface area contributed by atoms with E-state index in [2.05, 4.69) is 25.1 Å². The third-order valence-corrected chi connectivity index (χ3v) is 4.86. The minimum atomic E-state index is -0.0835. The highest BCUT2D eigenvalue weighted by Crippen LogP contribution is 2.31. The van der Waals surface area contributed by atoms with Crippen LogP contribution < -0.4 is 0 Å². The molecular weight excluding hydrogens is 354 g/mol. The third-order valence-electron chi connectivity index (χ3n) is 4.86. The maximum atomic E-state index is 10.4. The van der Waals surface area contributed by atoms with Crippen LogP contribution in [0.5, 0.6) is 11.5 Å². The van der Waals surface area contributed by atoms with Crippen LogP contribution in [0.2, 0.25) is 0 Å². The molecule has 142 valence electrons. The smallest absolute Gasteiger partial charge is 0.178 e. The van der Waals surface area contributed by atoms with E-state index in [1.54, 1.807) is 24.5 Å². The molecule has 0 aliphatic heterocycles. The fourth-order valence-corrected chi connectivity index (χ4v) is 3.38. The first-order valence-electron chi connectivity index (χ1n) is 9.22. The summed E-state index contributed by atoms with van der Waals surface area (Å²) in [6.07, 6.45) is 3.71. The summed E-state index contributed by atoms with van der Waals surface area (Å²) in [7, 11) is 0. The molecule has 4 rings (SSSR count). The molecule has 1 aromatic carbocycles. The van der Waals surface area contributed by atoms with E-state index in [0.29, 0.717) is 28.8 Å². The zero-order valence-electron chi connectivity index (χ0n) is 16.0. The first-order valence-corrected chi connectivity index (χ1v) is 9.22. The van der Waals surface area contributed by atoms with Gasteiger partial charge < -0.3 is 10.2 Å². The van der Waals surface area contributed by atoms with Crippen LogP contribution in [0.1, 0.15) is 49.6 Å². The van der Waals surface area contributed by atoms with Gasteiger partial charge in [-0.1, -0.05) is 20.8 Å². The van der Waals surface area contributed by atoms with Crippen molar-refractivity contribution in [2.45, 2.75) is 39.0 Å². The van der Waals surface area contributed by atoms with E-state index in [0.717, 1.165) is 16.6 Å². The molecule has 1 unspecified atom stereocenters. The van der Waals surface area contributed by atoms with Gasteiger partial charge in [0.25, 0.3) is 0 Å². The number of phenolic OH excluding ortho intramolecular Hbond substituents is 1. The molecule has 1 atom stereocenters. The molecule has 0 fully saturated rings. The lowest BCUT2D eigenvalue weighted by atomic mass is 9.97. The normalized spacial score (nSPS) is 12.7. The Balaban J connectivity index is 1.67.